The van der Waals surface area contributed by atoms with Crippen LogP contribution in [0, 0.1) is 5.92 Å². The van der Waals surface area contributed by atoms with Crippen LogP contribution in [0.2, 0.25) is 0 Å². The number of carbonyl (C=O) groups excluding carboxylic acids is 2. The molecular formula is C22H27N3O5. The number of rotatable bonds is 7. The zero-order valence-electron chi connectivity index (χ0n) is 16.9. The van der Waals surface area contributed by atoms with E-state index >= 15 is 0 Å². The molecule has 3 amide bonds. The average Bonchev–Trinajstić information content (AvgIpc) is 3.27. The van der Waals surface area contributed by atoms with Crippen LogP contribution in [0.3, 0.4) is 0 Å². The molecule has 1 fully saturated rings. The van der Waals surface area contributed by atoms with Crippen LogP contribution in [0.5, 0.6) is 0 Å². The number of carboxylic acid groups (broad SMARTS) is 1. The first-order valence-corrected chi connectivity index (χ1v) is 10.2. The summed E-state index contributed by atoms with van der Waals surface area (Å²) in [6, 6.07) is 9.89. The first-order chi connectivity index (χ1) is 14.5. The van der Waals surface area contributed by atoms with Crippen molar-refractivity contribution in [2.75, 3.05) is 7.05 Å². The summed E-state index contributed by atoms with van der Waals surface area (Å²) >= 11 is 0. The van der Waals surface area contributed by atoms with Crippen molar-refractivity contribution in [3.8, 4) is 11.3 Å². The van der Waals surface area contributed by atoms with Crippen LogP contribution in [-0.4, -0.2) is 36.1 Å². The van der Waals surface area contributed by atoms with Crippen LogP contribution < -0.4 is 16.0 Å². The Kier molecular flexibility index (Phi) is 7.11. The zero-order chi connectivity index (χ0) is 21.5. The first-order valence-electron chi connectivity index (χ1n) is 10.2. The van der Waals surface area contributed by atoms with Gasteiger partial charge in [0.15, 0.2) is 5.76 Å². The van der Waals surface area contributed by atoms with Crippen molar-refractivity contribution in [3.05, 3.63) is 47.7 Å². The van der Waals surface area contributed by atoms with E-state index in [4.69, 9.17) is 9.52 Å². The lowest BCUT2D eigenvalue weighted by molar-refractivity contribution is -0.124. The van der Waals surface area contributed by atoms with Crippen molar-refractivity contribution in [1.82, 2.24) is 16.0 Å². The average molecular weight is 413 g/mol. The number of amides is 3. The minimum atomic E-state index is -1.10. The molecule has 0 bridgehead atoms. The van der Waals surface area contributed by atoms with E-state index in [9.17, 15) is 14.4 Å². The Morgan fingerprint density at radius 2 is 1.90 bits per heavy atom. The lowest BCUT2D eigenvalue weighted by Crippen LogP contribution is -2.50. The molecule has 0 unspecified atom stereocenters. The number of nitrogens with one attached hydrogen (secondary N) is 3. The number of furan rings is 1. The summed E-state index contributed by atoms with van der Waals surface area (Å²) in [6.07, 6.45) is 4.02. The highest BCUT2D eigenvalue weighted by Gasteiger charge is 2.31. The number of benzene rings is 1. The molecule has 1 saturated carbocycles. The smallest absolute Gasteiger partial charge is 0.404 e. The van der Waals surface area contributed by atoms with E-state index in [-0.39, 0.29) is 24.1 Å². The molecule has 1 heterocycles. The van der Waals surface area contributed by atoms with Crippen molar-refractivity contribution in [2.45, 2.75) is 44.7 Å². The summed E-state index contributed by atoms with van der Waals surface area (Å²) in [5, 5.41) is 16.5. The highest BCUT2D eigenvalue weighted by atomic mass is 16.4. The molecule has 1 aromatic carbocycles. The maximum Gasteiger partial charge on any atom is 0.404 e. The Morgan fingerprint density at radius 1 is 1.13 bits per heavy atom. The molecule has 160 valence electrons. The third-order valence-corrected chi connectivity index (χ3v) is 5.42. The lowest BCUT2D eigenvalue weighted by Gasteiger charge is -2.29. The lowest BCUT2D eigenvalue weighted by atomic mass is 9.83. The summed E-state index contributed by atoms with van der Waals surface area (Å²) in [4.78, 5) is 35.8. The molecule has 0 saturated heterocycles. The number of hydrogen-bond acceptors (Lipinski definition) is 4. The molecule has 1 aliphatic rings. The third kappa shape index (κ3) is 5.40. The van der Waals surface area contributed by atoms with E-state index in [2.05, 4.69) is 16.0 Å². The number of likely N-dealkylation sites (N-methyl/N-ethyl adjacent to an activating group) is 1. The van der Waals surface area contributed by atoms with E-state index < -0.39 is 18.0 Å². The van der Waals surface area contributed by atoms with Crippen molar-refractivity contribution < 1.29 is 23.9 Å². The van der Waals surface area contributed by atoms with Gasteiger partial charge < -0.3 is 25.5 Å². The van der Waals surface area contributed by atoms with Crippen LogP contribution in [0.1, 0.15) is 48.2 Å². The second-order valence-electron chi connectivity index (χ2n) is 7.49. The molecule has 1 aliphatic carbocycles. The topological polar surface area (TPSA) is 121 Å². The molecular weight excluding hydrogens is 386 g/mol. The summed E-state index contributed by atoms with van der Waals surface area (Å²) in [5.74, 6) is 0.121. The predicted molar refractivity (Wildman–Crippen MR) is 111 cm³/mol. The van der Waals surface area contributed by atoms with Gasteiger partial charge in [-0.15, -0.1) is 0 Å². The van der Waals surface area contributed by atoms with Gasteiger partial charge in [-0.1, -0.05) is 37.5 Å². The Hall–Kier alpha value is -3.29. The molecule has 0 radical (unpaired) electrons. The van der Waals surface area contributed by atoms with Crippen LogP contribution in [0.15, 0.2) is 40.8 Å². The molecule has 1 atom stereocenters. The predicted octanol–water partition coefficient (Wildman–Crippen LogP) is 3.14. The minimum absolute atomic E-state index is 0.121. The van der Waals surface area contributed by atoms with Gasteiger partial charge in [0, 0.05) is 19.2 Å². The van der Waals surface area contributed by atoms with Gasteiger partial charge in [0.25, 0.3) is 5.91 Å². The van der Waals surface area contributed by atoms with Gasteiger partial charge in [-0.3, -0.25) is 9.59 Å². The molecule has 2 aromatic rings. The molecule has 4 N–H and O–H groups in total. The van der Waals surface area contributed by atoms with Crippen molar-refractivity contribution in [2.24, 2.45) is 5.92 Å². The number of hydrogen-bond donors (Lipinski definition) is 4. The summed E-state index contributed by atoms with van der Waals surface area (Å²) in [5.41, 5.74) is 1.50. The fourth-order valence-electron chi connectivity index (χ4n) is 3.86. The van der Waals surface area contributed by atoms with Gasteiger partial charge in [0.2, 0.25) is 5.91 Å². The van der Waals surface area contributed by atoms with E-state index in [0.717, 1.165) is 43.2 Å². The SMILES string of the molecule is CNC(=O)[C@@H](NC(=O)c1ccc(-c2cccc(CNC(=O)O)c2)o1)C1CCCCC1. The maximum absolute atomic E-state index is 12.7. The van der Waals surface area contributed by atoms with Gasteiger partial charge >= 0.3 is 6.09 Å². The highest BCUT2D eigenvalue weighted by Crippen LogP contribution is 2.27. The van der Waals surface area contributed by atoms with Gasteiger partial charge in [-0.25, -0.2) is 4.79 Å². The molecule has 0 spiro atoms. The first kappa shape index (κ1) is 21.4. The molecule has 30 heavy (non-hydrogen) atoms. The maximum atomic E-state index is 12.7. The highest BCUT2D eigenvalue weighted by molar-refractivity contribution is 5.96. The molecule has 8 heteroatoms. The van der Waals surface area contributed by atoms with E-state index in [0.29, 0.717) is 5.76 Å². The van der Waals surface area contributed by atoms with E-state index in [1.807, 2.05) is 6.07 Å². The van der Waals surface area contributed by atoms with Gasteiger partial charge in [-0.05, 0) is 42.5 Å². The largest absolute Gasteiger partial charge is 0.465 e. The molecule has 8 nitrogen and oxygen atoms in total. The quantitative estimate of drug-likeness (QED) is 0.556. The van der Waals surface area contributed by atoms with Crippen LogP contribution >= 0.6 is 0 Å². The Labute approximate surface area is 175 Å². The Morgan fingerprint density at radius 3 is 2.60 bits per heavy atom. The second kappa shape index (κ2) is 9.96. The van der Waals surface area contributed by atoms with Gasteiger partial charge in [0.05, 0.1) is 0 Å². The third-order valence-electron chi connectivity index (χ3n) is 5.42. The Balaban J connectivity index is 1.71. The van der Waals surface area contributed by atoms with Crippen LogP contribution in [-0.2, 0) is 11.3 Å². The van der Waals surface area contributed by atoms with E-state index in [1.165, 1.54) is 0 Å². The summed E-state index contributed by atoms with van der Waals surface area (Å²) in [7, 11) is 1.57. The van der Waals surface area contributed by atoms with E-state index in [1.54, 1.807) is 37.4 Å². The summed E-state index contributed by atoms with van der Waals surface area (Å²) in [6.45, 7) is 0.173. The molecule has 0 aliphatic heterocycles. The fraction of sp³-hybridized carbons (Fsp3) is 0.409. The minimum Gasteiger partial charge on any atom is -0.465 e. The Bertz CT molecular complexity index is 902. The molecule has 1 aromatic heterocycles. The van der Waals surface area contributed by atoms with Gasteiger partial charge in [0.1, 0.15) is 11.8 Å². The zero-order valence-corrected chi connectivity index (χ0v) is 16.9. The number of carbonyl (C=O) groups is 3. The monoisotopic (exact) mass is 413 g/mol. The van der Waals surface area contributed by atoms with Crippen LogP contribution in [0.25, 0.3) is 11.3 Å². The fourth-order valence-corrected chi connectivity index (χ4v) is 3.86. The summed E-state index contributed by atoms with van der Waals surface area (Å²) < 4.78 is 5.73. The van der Waals surface area contributed by atoms with Crippen LogP contribution in [0.4, 0.5) is 4.79 Å². The normalized spacial score (nSPS) is 15.2. The molecule has 3 rings (SSSR count). The van der Waals surface area contributed by atoms with Crippen molar-refractivity contribution >= 4 is 17.9 Å². The standard InChI is InChI=1S/C22H27N3O5/c1-23-21(27)19(15-7-3-2-4-8-15)25-20(26)18-11-10-17(30-18)16-9-5-6-14(12-16)13-24-22(28)29/h5-6,9-12,15,19,24H,2-4,7-8,13H2,1H3,(H,23,27)(H,25,26)(H,28,29)/t19-/m0/s1. The van der Waals surface area contributed by atoms with Crippen molar-refractivity contribution in [3.63, 3.8) is 0 Å². The van der Waals surface area contributed by atoms with Gasteiger partial charge in [-0.2, -0.15) is 0 Å². The van der Waals surface area contributed by atoms with Crippen molar-refractivity contribution in [1.29, 1.82) is 0 Å². The second-order valence-corrected chi connectivity index (χ2v) is 7.49.